The maximum absolute atomic E-state index is 5.63. The van der Waals surface area contributed by atoms with Gasteiger partial charge in [0, 0.05) is 10.0 Å². The second kappa shape index (κ2) is 6.79. The second-order valence-electron chi connectivity index (χ2n) is 3.51. The summed E-state index contributed by atoms with van der Waals surface area (Å²) in [6.45, 7) is 0.360. The van der Waals surface area contributed by atoms with Gasteiger partial charge in [-0.1, -0.05) is 28.1 Å². The molecule has 0 aliphatic carbocycles. The first-order valence-corrected chi connectivity index (χ1v) is 5.84. The summed E-state index contributed by atoms with van der Waals surface area (Å²) in [6.07, 6.45) is 0. The Kier molecular flexibility index (Phi) is 5.67. The first-order chi connectivity index (χ1) is 8.15. The summed E-state index contributed by atoms with van der Waals surface area (Å²) in [4.78, 5) is 3.89. The van der Waals surface area contributed by atoms with Crippen LogP contribution in [0.2, 0.25) is 0 Å². The minimum atomic E-state index is 0. The summed E-state index contributed by atoms with van der Waals surface area (Å²) < 4.78 is 6.66. The third-order valence-corrected chi connectivity index (χ3v) is 2.74. The van der Waals surface area contributed by atoms with Gasteiger partial charge in [-0.3, -0.25) is 0 Å². The fourth-order valence-corrected chi connectivity index (χ4v) is 1.67. The van der Waals surface area contributed by atoms with E-state index in [0.29, 0.717) is 6.54 Å². The Balaban J connectivity index is 0.00000162. The van der Waals surface area contributed by atoms with Crippen LogP contribution in [0.4, 0.5) is 0 Å². The highest BCUT2D eigenvalue weighted by Crippen LogP contribution is 2.24. The summed E-state index contributed by atoms with van der Waals surface area (Å²) in [5.74, 6) is 1.60. The first-order valence-electron chi connectivity index (χ1n) is 5.05. The molecule has 0 fully saturated rings. The summed E-state index contributed by atoms with van der Waals surface area (Å²) in [6, 6.07) is 11.7. The van der Waals surface area contributed by atoms with Crippen LogP contribution < -0.4 is 11.5 Å². The molecule has 4 nitrogen and oxygen atoms in total. The molecule has 0 atom stereocenters. The van der Waals surface area contributed by atoms with Gasteiger partial charge in [0.15, 0.2) is 5.96 Å². The molecule has 0 aliphatic heterocycles. The molecule has 0 amide bonds. The highest BCUT2D eigenvalue weighted by Gasteiger charge is 2.04. The SMILES string of the molecule is I.NC(N)=NCc1ccc(-c2ccc(Br)cc2)o1. The minimum Gasteiger partial charge on any atom is -0.459 e. The number of nitrogens with zero attached hydrogens (tertiary/aromatic N) is 1. The second-order valence-corrected chi connectivity index (χ2v) is 4.43. The zero-order chi connectivity index (χ0) is 12.3. The average Bonchev–Trinajstić information content (AvgIpc) is 2.76. The number of benzene rings is 1. The molecular formula is C12H13BrIN3O. The maximum atomic E-state index is 5.63. The Morgan fingerprint density at radius 2 is 1.78 bits per heavy atom. The molecule has 0 bridgehead atoms. The molecule has 0 saturated carbocycles. The molecule has 2 rings (SSSR count). The van der Waals surface area contributed by atoms with E-state index in [-0.39, 0.29) is 29.9 Å². The van der Waals surface area contributed by atoms with Gasteiger partial charge >= 0.3 is 0 Å². The van der Waals surface area contributed by atoms with E-state index in [1.54, 1.807) is 0 Å². The monoisotopic (exact) mass is 421 g/mol. The van der Waals surface area contributed by atoms with Crippen LogP contribution >= 0.6 is 39.9 Å². The Hall–Kier alpha value is -1.02. The summed E-state index contributed by atoms with van der Waals surface area (Å²) in [7, 11) is 0. The quantitative estimate of drug-likeness (QED) is 0.454. The average molecular weight is 422 g/mol. The molecule has 2 aromatic rings. The summed E-state index contributed by atoms with van der Waals surface area (Å²) in [5, 5.41) is 0. The maximum Gasteiger partial charge on any atom is 0.186 e. The topological polar surface area (TPSA) is 77.5 Å². The van der Waals surface area contributed by atoms with Crippen LogP contribution in [0.15, 0.2) is 50.3 Å². The van der Waals surface area contributed by atoms with E-state index in [4.69, 9.17) is 15.9 Å². The van der Waals surface area contributed by atoms with Crippen molar-refractivity contribution in [3.63, 3.8) is 0 Å². The van der Waals surface area contributed by atoms with Crippen molar-refractivity contribution < 1.29 is 4.42 Å². The van der Waals surface area contributed by atoms with Crippen molar-refractivity contribution in [3.05, 3.63) is 46.6 Å². The third-order valence-electron chi connectivity index (χ3n) is 2.21. The van der Waals surface area contributed by atoms with E-state index in [1.165, 1.54) is 0 Å². The number of hydrogen-bond donors (Lipinski definition) is 2. The molecule has 0 radical (unpaired) electrons. The lowest BCUT2D eigenvalue weighted by Crippen LogP contribution is -2.22. The molecule has 0 aliphatic rings. The van der Waals surface area contributed by atoms with Crippen LogP contribution in [0, 0.1) is 0 Å². The summed E-state index contributed by atoms with van der Waals surface area (Å²) >= 11 is 3.39. The lowest BCUT2D eigenvalue weighted by molar-refractivity contribution is 0.525. The van der Waals surface area contributed by atoms with Crippen molar-refractivity contribution in [2.24, 2.45) is 16.5 Å². The van der Waals surface area contributed by atoms with Gasteiger partial charge in [0.25, 0.3) is 0 Å². The van der Waals surface area contributed by atoms with E-state index in [2.05, 4.69) is 20.9 Å². The molecule has 0 unspecified atom stereocenters. The van der Waals surface area contributed by atoms with E-state index in [1.807, 2.05) is 36.4 Å². The minimum absolute atomic E-state index is 0. The van der Waals surface area contributed by atoms with E-state index >= 15 is 0 Å². The molecule has 96 valence electrons. The predicted octanol–water partition coefficient (Wildman–Crippen LogP) is 3.10. The number of hydrogen-bond acceptors (Lipinski definition) is 2. The largest absolute Gasteiger partial charge is 0.459 e. The van der Waals surface area contributed by atoms with E-state index in [9.17, 15) is 0 Å². The number of rotatable bonds is 3. The zero-order valence-electron chi connectivity index (χ0n) is 9.47. The predicted molar refractivity (Wildman–Crippen MR) is 86.8 cm³/mol. The molecule has 1 aromatic carbocycles. The number of aliphatic imine (C=N–C) groups is 1. The van der Waals surface area contributed by atoms with E-state index < -0.39 is 0 Å². The molecule has 1 heterocycles. The fraction of sp³-hybridized carbons (Fsp3) is 0.0833. The van der Waals surface area contributed by atoms with Crippen molar-refractivity contribution in [1.29, 1.82) is 0 Å². The third kappa shape index (κ3) is 4.02. The number of halogens is 2. The van der Waals surface area contributed by atoms with Gasteiger partial charge in [-0.2, -0.15) is 0 Å². The number of guanidine groups is 1. The van der Waals surface area contributed by atoms with Crippen LogP contribution in [0.5, 0.6) is 0 Å². The molecule has 0 saturated heterocycles. The van der Waals surface area contributed by atoms with Crippen molar-refractivity contribution >= 4 is 45.9 Å². The van der Waals surface area contributed by atoms with Gasteiger partial charge in [-0.15, -0.1) is 24.0 Å². The van der Waals surface area contributed by atoms with Gasteiger partial charge in [0.2, 0.25) is 0 Å². The van der Waals surface area contributed by atoms with Crippen LogP contribution in [0.3, 0.4) is 0 Å². The summed E-state index contributed by atoms with van der Waals surface area (Å²) in [5.41, 5.74) is 11.5. The van der Waals surface area contributed by atoms with Crippen LogP contribution in [0.25, 0.3) is 11.3 Å². The highest BCUT2D eigenvalue weighted by molar-refractivity contribution is 14.0. The Morgan fingerprint density at radius 3 is 2.39 bits per heavy atom. The lowest BCUT2D eigenvalue weighted by atomic mass is 10.2. The van der Waals surface area contributed by atoms with Crippen LogP contribution in [-0.4, -0.2) is 5.96 Å². The van der Waals surface area contributed by atoms with Gasteiger partial charge in [0.05, 0.1) is 0 Å². The Labute approximate surface area is 131 Å². The molecular weight excluding hydrogens is 409 g/mol. The highest BCUT2D eigenvalue weighted by atomic mass is 127. The number of nitrogens with two attached hydrogens (primary N) is 2. The van der Waals surface area contributed by atoms with E-state index in [0.717, 1.165) is 21.6 Å². The van der Waals surface area contributed by atoms with Crippen LogP contribution in [-0.2, 0) is 6.54 Å². The first kappa shape index (κ1) is 15.0. The van der Waals surface area contributed by atoms with Gasteiger partial charge in [-0.05, 0) is 24.3 Å². The fourth-order valence-electron chi connectivity index (χ4n) is 1.40. The van der Waals surface area contributed by atoms with Crippen LogP contribution in [0.1, 0.15) is 5.76 Å². The number of furan rings is 1. The molecule has 6 heteroatoms. The molecule has 0 spiro atoms. The Bertz CT molecular complexity index is 533. The van der Waals surface area contributed by atoms with Gasteiger partial charge in [-0.25, -0.2) is 4.99 Å². The lowest BCUT2D eigenvalue weighted by Gasteiger charge is -1.97. The Morgan fingerprint density at radius 1 is 1.11 bits per heavy atom. The van der Waals surface area contributed by atoms with Crippen molar-refractivity contribution in [2.75, 3.05) is 0 Å². The van der Waals surface area contributed by atoms with Crippen molar-refractivity contribution in [2.45, 2.75) is 6.54 Å². The molecule has 1 aromatic heterocycles. The normalized spacial score (nSPS) is 9.61. The van der Waals surface area contributed by atoms with Crippen molar-refractivity contribution in [1.82, 2.24) is 0 Å². The smallest absolute Gasteiger partial charge is 0.186 e. The molecule has 18 heavy (non-hydrogen) atoms. The zero-order valence-corrected chi connectivity index (χ0v) is 13.4. The molecule has 4 N–H and O–H groups in total. The standard InChI is InChI=1S/C12H12BrN3O.HI/c13-9-3-1-8(2-4-9)11-6-5-10(17-11)7-16-12(14)15;/h1-6H,7H2,(H4,14,15,16);1H. The van der Waals surface area contributed by atoms with Gasteiger partial charge < -0.3 is 15.9 Å². The van der Waals surface area contributed by atoms with Crippen molar-refractivity contribution in [3.8, 4) is 11.3 Å². The van der Waals surface area contributed by atoms with Gasteiger partial charge in [0.1, 0.15) is 18.1 Å².